The Bertz CT molecular complexity index is 82.7. The lowest BCUT2D eigenvalue weighted by Crippen LogP contribution is -3.06. The summed E-state index contributed by atoms with van der Waals surface area (Å²) in [7, 11) is 4.52. The molecule has 0 spiro atoms. The Kier molecular flexibility index (Phi) is 3.20. The molecule has 0 aromatic rings. The first-order valence-corrected chi connectivity index (χ1v) is 4.58. The largest absolute Gasteiger partial charge is 0.340 e. The zero-order valence-corrected chi connectivity index (χ0v) is 7.32. The van der Waals surface area contributed by atoms with Crippen LogP contribution in [0.1, 0.15) is 32.1 Å². The quantitative estimate of drug-likeness (QED) is 0.579. The van der Waals surface area contributed by atoms with Gasteiger partial charge in [-0.15, -0.1) is 0 Å². The monoisotopic (exact) mass is 142 g/mol. The Morgan fingerprint density at radius 2 is 1.70 bits per heavy atom. The van der Waals surface area contributed by atoms with E-state index < -0.39 is 0 Å². The van der Waals surface area contributed by atoms with Gasteiger partial charge in [-0.25, -0.2) is 0 Å². The van der Waals surface area contributed by atoms with Crippen molar-refractivity contribution in [3.05, 3.63) is 0 Å². The van der Waals surface area contributed by atoms with Gasteiger partial charge < -0.3 is 4.90 Å². The molecule has 0 aliphatic heterocycles. The minimum atomic E-state index is 1.04. The van der Waals surface area contributed by atoms with Crippen LogP contribution in [0, 0.1) is 5.92 Å². The molecule has 0 atom stereocenters. The van der Waals surface area contributed by atoms with Crippen LogP contribution in [0.25, 0.3) is 0 Å². The molecule has 0 heterocycles. The van der Waals surface area contributed by atoms with E-state index in [0.717, 1.165) is 5.92 Å². The molecule has 0 bridgehead atoms. The van der Waals surface area contributed by atoms with Crippen LogP contribution in [0.4, 0.5) is 0 Å². The summed E-state index contributed by atoms with van der Waals surface area (Å²) >= 11 is 0. The van der Waals surface area contributed by atoms with Gasteiger partial charge in [-0.3, -0.25) is 0 Å². The highest BCUT2D eigenvalue weighted by Crippen LogP contribution is 2.21. The average Bonchev–Trinajstić information content (AvgIpc) is 1.88. The topological polar surface area (TPSA) is 4.44 Å². The minimum Gasteiger partial charge on any atom is -0.340 e. The zero-order chi connectivity index (χ0) is 7.40. The molecule has 1 nitrogen and oxygen atoms in total. The Hall–Kier alpha value is -0.0400. The van der Waals surface area contributed by atoms with Gasteiger partial charge in [-0.05, 0) is 12.8 Å². The van der Waals surface area contributed by atoms with E-state index in [9.17, 15) is 0 Å². The van der Waals surface area contributed by atoms with Gasteiger partial charge in [0.05, 0.1) is 20.6 Å². The number of hydrogen-bond acceptors (Lipinski definition) is 0. The molecule has 1 rings (SSSR count). The number of hydrogen-bond donors (Lipinski definition) is 1. The second kappa shape index (κ2) is 3.97. The van der Waals surface area contributed by atoms with Crippen molar-refractivity contribution in [1.29, 1.82) is 0 Å². The predicted octanol–water partition coefficient (Wildman–Crippen LogP) is 0.711. The van der Waals surface area contributed by atoms with E-state index in [-0.39, 0.29) is 0 Å². The van der Waals surface area contributed by atoms with E-state index in [1.807, 2.05) is 0 Å². The second-order valence-electron chi connectivity index (χ2n) is 3.92. The molecule has 1 aliphatic rings. The Labute approximate surface area is 64.4 Å². The standard InChI is InChI=1S/C9H19N/c1-10(2)8-9-6-4-3-5-7-9/h9H,3-8H2,1-2H3/p+1. The lowest BCUT2D eigenvalue weighted by Gasteiger charge is -2.22. The van der Waals surface area contributed by atoms with Gasteiger partial charge in [0.25, 0.3) is 0 Å². The Morgan fingerprint density at radius 1 is 1.10 bits per heavy atom. The normalized spacial score (nSPS) is 21.9. The number of nitrogens with one attached hydrogen (secondary N) is 1. The van der Waals surface area contributed by atoms with Crippen molar-refractivity contribution in [2.24, 2.45) is 5.92 Å². The Morgan fingerprint density at radius 3 is 2.20 bits per heavy atom. The van der Waals surface area contributed by atoms with Crippen LogP contribution in [0.15, 0.2) is 0 Å². The van der Waals surface area contributed by atoms with Gasteiger partial charge in [-0.1, -0.05) is 19.3 Å². The molecule has 0 radical (unpaired) electrons. The molecular formula is C9H20N+. The molecule has 1 aliphatic carbocycles. The van der Waals surface area contributed by atoms with Crippen molar-refractivity contribution >= 4 is 0 Å². The zero-order valence-electron chi connectivity index (χ0n) is 7.32. The summed E-state index contributed by atoms with van der Waals surface area (Å²) in [5.74, 6) is 1.04. The first-order valence-electron chi connectivity index (χ1n) is 4.58. The van der Waals surface area contributed by atoms with E-state index in [4.69, 9.17) is 0 Å². The molecule has 1 fully saturated rings. The highest BCUT2D eigenvalue weighted by Gasteiger charge is 2.15. The fourth-order valence-electron chi connectivity index (χ4n) is 1.97. The van der Waals surface area contributed by atoms with Crippen LogP contribution in [0.3, 0.4) is 0 Å². The van der Waals surface area contributed by atoms with E-state index in [2.05, 4.69) is 14.1 Å². The van der Waals surface area contributed by atoms with Gasteiger partial charge in [0, 0.05) is 5.92 Å². The maximum Gasteiger partial charge on any atom is 0.0795 e. The average molecular weight is 142 g/mol. The van der Waals surface area contributed by atoms with Crippen molar-refractivity contribution in [3.63, 3.8) is 0 Å². The summed E-state index contributed by atoms with van der Waals surface area (Å²) in [5.41, 5.74) is 0. The molecular weight excluding hydrogens is 122 g/mol. The summed E-state index contributed by atoms with van der Waals surface area (Å²) in [5, 5.41) is 0. The number of rotatable bonds is 2. The fourth-order valence-corrected chi connectivity index (χ4v) is 1.97. The van der Waals surface area contributed by atoms with Crippen LogP contribution >= 0.6 is 0 Å². The second-order valence-corrected chi connectivity index (χ2v) is 3.92. The molecule has 0 unspecified atom stereocenters. The summed E-state index contributed by atoms with van der Waals surface area (Å²) in [6.45, 7) is 1.39. The molecule has 1 heteroatoms. The highest BCUT2D eigenvalue weighted by atomic mass is 15.1. The predicted molar refractivity (Wildman–Crippen MR) is 44.3 cm³/mol. The summed E-state index contributed by atoms with van der Waals surface area (Å²) < 4.78 is 0. The van der Waals surface area contributed by atoms with Crippen molar-refractivity contribution in [2.75, 3.05) is 20.6 Å². The molecule has 0 aromatic heterocycles. The van der Waals surface area contributed by atoms with Gasteiger partial charge in [-0.2, -0.15) is 0 Å². The van der Waals surface area contributed by atoms with Gasteiger partial charge >= 0.3 is 0 Å². The van der Waals surface area contributed by atoms with Crippen LogP contribution in [0.2, 0.25) is 0 Å². The number of quaternary nitrogens is 1. The van der Waals surface area contributed by atoms with Crippen molar-refractivity contribution in [3.8, 4) is 0 Å². The lowest BCUT2D eigenvalue weighted by atomic mass is 9.89. The maximum atomic E-state index is 2.26. The lowest BCUT2D eigenvalue weighted by molar-refractivity contribution is -0.862. The van der Waals surface area contributed by atoms with Crippen LogP contribution < -0.4 is 4.90 Å². The SMILES string of the molecule is C[NH+](C)CC1CCCCC1. The maximum absolute atomic E-state index is 2.26. The van der Waals surface area contributed by atoms with Crippen LogP contribution in [-0.2, 0) is 0 Å². The highest BCUT2D eigenvalue weighted by molar-refractivity contribution is 4.63. The van der Waals surface area contributed by atoms with Crippen molar-refractivity contribution in [2.45, 2.75) is 32.1 Å². The Balaban J connectivity index is 2.13. The smallest absolute Gasteiger partial charge is 0.0795 e. The summed E-state index contributed by atoms with van der Waals surface area (Å²) in [4.78, 5) is 1.62. The third kappa shape index (κ3) is 2.70. The summed E-state index contributed by atoms with van der Waals surface area (Å²) in [6, 6.07) is 0. The molecule has 0 aromatic carbocycles. The van der Waals surface area contributed by atoms with Crippen LogP contribution in [0.5, 0.6) is 0 Å². The van der Waals surface area contributed by atoms with Crippen molar-refractivity contribution < 1.29 is 4.90 Å². The van der Waals surface area contributed by atoms with Gasteiger partial charge in [0.2, 0.25) is 0 Å². The van der Waals surface area contributed by atoms with Gasteiger partial charge in [0.1, 0.15) is 0 Å². The summed E-state index contributed by atoms with van der Waals surface area (Å²) in [6.07, 6.45) is 7.44. The van der Waals surface area contributed by atoms with E-state index >= 15 is 0 Å². The first kappa shape index (κ1) is 8.06. The molecule has 10 heavy (non-hydrogen) atoms. The van der Waals surface area contributed by atoms with Crippen molar-refractivity contribution in [1.82, 2.24) is 0 Å². The molecule has 60 valence electrons. The molecule has 0 amide bonds. The van der Waals surface area contributed by atoms with Crippen LogP contribution in [-0.4, -0.2) is 20.6 Å². The molecule has 1 N–H and O–H groups in total. The van der Waals surface area contributed by atoms with E-state index in [1.165, 1.54) is 38.6 Å². The third-order valence-corrected chi connectivity index (χ3v) is 2.42. The van der Waals surface area contributed by atoms with E-state index in [1.54, 1.807) is 4.90 Å². The fraction of sp³-hybridized carbons (Fsp3) is 1.00. The molecule has 1 saturated carbocycles. The molecule has 0 saturated heterocycles. The first-order chi connectivity index (χ1) is 4.79. The third-order valence-electron chi connectivity index (χ3n) is 2.42. The van der Waals surface area contributed by atoms with Gasteiger partial charge in [0.15, 0.2) is 0 Å². The minimum absolute atomic E-state index is 1.04. The van der Waals surface area contributed by atoms with E-state index in [0.29, 0.717) is 0 Å².